The average Bonchev–Trinajstić information content (AvgIpc) is 2.15. The fourth-order valence-corrected chi connectivity index (χ4v) is 1.18. The number of carbonyl (C=O) groups is 1. The Morgan fingerprint density at radius 2 is 2.00 bits per heavy atom. The van der Waals surface area contributed by atoms with Crippen molar-refractivity contribution in [3.63, 3.8) is 0 Å². The van der Waals surface area contributed by atoms with E-state index in [2.05, 4.69) is 25.3 Å². The first-order chi connectivity index (χ1) is 5.04. The van der Waals surface area contributed by atoms with Crippen LogP contribution in [0.1, 0.15) is 17.4 Å². The van der Waals surface area contributed by atoms with E-state index in [1.807, 2.05) is 0 Å². The van der Waals surface area contributed by atoms with Gasteiger partial charge in [-0.1, -0.05) is 0 Å². The summed E-state index contributed by atoms with van der Waals surface area (Å²) >= 11 is 1.80. The Morgan fingerprint density at radius 1 is 1.55 bits per heavy atom. The molecule has 0 aliphatic rings. The van der Waals surface area contributed by atoms with Crippen molar-refractivity contribution in [3.05, 3.63) is 21.9 Å². The second-order valence-corrected chi connectivity index (χ2v) is 3.30. The molecule has 0 bridgehead atoms. The second kappa shape index (κ2) is 4.91. The summed E-state index contributed by atoms with van der Waals surface area (Å²) in [5.74, 6) is -0.833. The summed E-state index contributed by atoms with van der Waals surface area (Å²) in [5, 5.41) is 9.53. The van der Waals surface area contributed by atoms with Gasteiger partial charge in [-0.15, -0.1) is 11.3 Å². The molecule has 1 heterocycles. The highest BCUT2D eigenvalue weighted by Gasteiger charge is 1.87. The molecule has 0 fully saturated rings. The van der Waals surface area contributed by atoms with E-state index in [4.69, 9.17) is 9.90 Å². The van der Waals surface area contributed by atoms with Gasteiger partial charge in [0.05, 0.1) is 0 Å². The van der Waals surface area contributed by atoms with E-state index in [9.17, 15) is 0 Å². The molecule has 0 amide bonds. The van der Waals surface area contributed by atoms with Crippen molar-refractivity contribution in [2.45, 2.75) is 20.8 Å². The van der Waals surface area contributed by atoms with Crippen LogP contribution in [0, 0.1) is 13.8 Å². The second-order valence-electron chi connectivity index (χ2n) is 2.18. The van der Waals surface area contributed by atoms with Crippen LogP contribution in [0.25, 0.3) is 0 Å². The lowest BCUT2D eigenvalue weighted by Gasteiger charge is -1.79. The first-order valence-corrected chi connectivity index (χ1v) is 4.12. The summed E-state index contributed by atoms with van der Waals surface area (Å²) < 4.78 is 0. The number of aryl methyl sites for hydroxylation is 2. The Hall–Kier alpha value is -0.830. The van der Waals surface area contributed by atoms with Gasteiger partial charge in [0.15, 0.2) is 0 Å². The van der Waals surface area contributed by atoms with Crippen molar-refractivity contribution in [1.82, 2.24) is 0 Å². The van der Waals surface area contributed by atoms with E-state index < -0.39 is 5.97 Å². The van der Waals surface area contributed by atoms with Crippen LogP contribution in [-0.2, 0) is 4.79 Å². The normalized spacial score (nSPS) is 8.27. The zero-order valence-corrected chi connectivity index (χ0v) is 7.73. The Balaban J connectivity index is 0.000000218. The fraction of sp³-hybridized carbons (Fsp3) is 0.375. The molecule has 3 heteroatoms. The van der Waals surface area contributed by atoms with E-state index in [0.29, 0.717) is 0 Å². The van der Waals surface area contributed by atoms with Crippen molar-refractivity contribution in [2.24, 2.45) is 0 Å². The van der Waals surface area contributed by atoms with Gasteiger partial charge in [0.1, 0.15) is 0 Å². The maximum absolute atomic E-state index is 9.00. The zero-order valence-electron chi connectivity index (χ0n) is 6.92. The summed E-state index contributed by atoms with van der Waals surface area (Å²) in [5.41, 5.74) is 1.41. The number of carboxylic acids is 1. The number of carboxylic acid groups (broad SMARTS) is 1. The van der Waals surface area contributed by atoms with Crippen LogP contribution in [0.4, 0.5) is 0 Å². The molecule has 0 saturated carbocycles. The molecule has 1 aromatic rings. The minimum atomic E-state index is -0.833. The van der Waals surface area contributed by atoms with Crippen molar-refractivity contribution >= 4 is 17.3 Å². The Bertz CT molecular complexity index is 207. The van der Waals surface area contributed by atoms with Crippen LogP contribution in [0.5, 0.6) is 0 Å². The number of thiophene rings is 1. The zero-order chi connectivity index (χ0) is 8.85. The van der Waals surface area contributed by atoms with E-state index >= 15 is 0 Å². The molecule has 1 N–H and O–H groups in total. The molecule has 1 rings (SSSR count). The summed E-state index contributed by atoms with van der Waals surface area (Å²) in [6.07, 6.45) is 0. The van der Waals surface area contributed by atoms with Crippen LogP contribution in [-0.4, -0.2) is 11.1 Å². The smallest absolute Gasteiger partial charge is 0.300 e. The molecule has 1 aromatic heterocycles. The number of hydrogen-bond acceptors (Lipinski definition) is 2. The third kappa shape index (κ3) is 5.61. The molecular weight excluding hydrogens is 160 g/mol. The van der Waals surface area contributed by atoms with Crippen molar-refractivity contribution in [1.29, 1.82) is 0 Å². The number of aliphatic carboxylic acids is 1. The lowest BCUT2D eigenvalue weighted by molar-refractivity contribution is -0.134. The van der Waals surface area contributed by atoms with E-state index in [0.717, 1.165) is 6.92 Å². The van der Waals surface area contributed by atoms with Crippen LogP contribution < -0.4 is 0 Å². The van der Waals surface area contributed by atoms with E-state index in [1.165, 1.54) is 10.4 Å². The summed E-state index contributed by atoms with van der Waals surface area (Å²) in [4.78, 5) is 10.4. The van der Waals surface area contributed by atoms with Crippen molar-refractivity contribution in [3.8, 4) is 0 Å². The molecule has 2 nitrogen and oxygen atoms in total. The van der Waals surface area contributed by atoms with Crippen LogP contribution in [0.3, 0.4) is 0 Å². The Labute approximate surface area is 70.5 Å². The topological polar surface area (TPSA) is 37.3 Å². The number of hydrogen-bond donors (Lipinski definition) is 1. The van der Waals surface area contributed by atoms with Gasteiger partial charge in [-0.05, 0) is 30.9 Å². The standard InChI is InChI=1S/C6H8S.C2H4O2/c1-5-3-4-7-6(5)2;1-2(3)4/h3-4H,1-2H3;1H3,(H,3,4). The fourth-order valence-electron chi connectivity index (χ4n) is 0.448. The highest BCUT2D eigenvalue weighted by atomic mass is 32.1. The minimum absolute atomic E-state index is 0.833. The van der Waals surface area contributed by atoms with Crippen LogP contribution in [0.15, 0.2) is 11.4 Å². The van der Waals surface area contributed by atoms with Gasteiger partial charge in [0.2, 0.25) is 0 Å². The average molecular weight is 172 g/mol. The van der Waals surface area contributed by atoms with Gasteiger partial charge in [0.25, 0.3) is 5.97 Å². The predicted octanol–water partition coefficient (Wildman–Crippen LogP) is 2.46. The van der Waals surface area contributed by atoms with Gasteiger partial charge >= 0.3 is 0 Å². The molecule has 0 radical (unpaired) electrons. The molecule has 0 saturated heterocycles. The van der Waals surface area contributed by atoms with E-state index in [-0.39, 0.29) is 0 Å². The maximum atomic E-state index is 9.00. The SMILES string of the molecule is CC(=O)O.Cc1ccsc1C. The number of rotatable bonds is 0. The molecule has 62 valence electrons. The molecule has 0 aromatic carbocycles. The molecule has 0 unspecified atom stereocenters. The predicted molar refractivity (Wildman–Crippen MR) is 47.1 cm³/mol. The summed E-state index contributed by atoms with van der Waals surface area (Å²) in [6, 6.07) is 2.14. The third-order valence-corrected chi connectivity index (χ3v) is 2.07. The Kier molecular flexibility index (Phi) is 4.54. The van der Waals surface area contributed by atoms with Crippen LogP contribution >= 0.6 is 11.3 Å². The highest BCUT2D eigenvalue weighted by molar-refractivity contribution is 7.10. The van der Waals surface area contributed by atoms with Gasteiger partial charge < -0.3 is 5.11 Å². The first-order valence-electron chi connectivity index (χ1n) is 3.24. The maximum Gasteiger partial charge on any atom is 0.300 e. The molecular formula is C8H12O2S. The van der Waals surface area contributed by atoms with E-state index in [1.54, 1.807) is 11.3 Å². The van der Waals surface area contributed by atoms with Crippen LogP contribution in [0.2, 0.25) is 0 Å². The Morgan fingerprint density at radius 3 is 2.09 bits per heavy atom. The molecule has 0 atom stereocenters. The largest absolute Gasteiger partial charge is 0.481 e. The van der Waals surface area contributed by atoms with Crippen molar-refractivity contribution < 1.29 is 9.90 Å². The minimum Gasteiger partial charge on any atom is -0.481 e. The van der Waals surface area contributed by atoms with Gasteiger partial charge in [-0.3, -0.25) is 4.79 Å². The first kappa shape index (κ1) is 10.2. The monoisotopic (exact) mass is 172 g/mol. The molecule has 0 spiro atoms. The van der Waals surface area contributed by atoms with Gasteiger partial charge in [-0.25, -0.2) is 0 Å². The van der Waals surface area contributed by atoms with Gasteiger partial charge in [-0.2, -0.15) is 0 Å². The summed E-state index contributed by atoms with van der Waals surface area (Å²) in [7, 11) is 0. The van der Waals surface area contributed by atoms with Gasteiger partial charge in [0, 0.05) is 11.8 Å². The molecule has 0 aliphatic heterocycles. The third-order valence-electron chi connectivity index (χ3n) is 1.12. The lowest BCUT2D eigenvalue weighted by Crippen LogP contribution is -1.78. The quantitative estimate of drug-likeness (QED) is 0.652. The summed E-state index contributed by atoms with van der Waals surface area (Å²) in [6.45, 7) is 5.35. The lowest BCUT2D eigenvalue weighted by atomic mass is 10.3. The molecule has 11 heavy (non-hydrogen) atoms. The van der Waals surface area contributed by atoms with Crippen molar-refractivity contribution in [2.75, 3.05) is 0 Å². The molecule has 0 aliphatic carbocycles. The highest BCUT2D eigenvalue weighted by Crippen LogP contribution is 2.12.